The van der Waals surface area contributed by atoms with E-state index in [-0.39, 0.29) is 5.38 Å². The van der Waals surface area contributed by atoms with E-state index in [1.54, 1.807) is 7.11 Å². The first-order chi connectivity index (χ1) is 6.76. The van der Waals surface area contributed by atoms with E-state index in [2.05, 4.69) is 6.92 Å². The fourth-order valence-corrected chi connectivity index (χ4v) is 1.14. The van der Waals surface area contributed by atoms with Crippen LogP contribution in [0.15, 0.2) is 30.3 Å². The van der Waals surface area contributed by atoms with E-state index >= 15 is 0 Å². The number of benzene rings is 1. The van der Waals surface area contributed by atoms with Gasteiger partial charge in [-0.15, -0.1) is 11.6 Å². The van der Waals surface area contributed by atoms with E-state index < -0.39 is 0 Å². The lowest BCUT2D eigenvalue weighted by molar-refractivity contribution is 0.415. The van der Waals surface area contributed by atoms with Crippen molar-refractivity contribution in [1.29, 1.82) is 0 Å². The summed E-state index contributed by atoms with van der Waals surface area (Å²) in [6.07, 6.45) is 4.98. The number of halogens is 1. The molecular weight excluding hydrogens is 196 g/mol. The summed E-state index contributed by atoms with van der Waals surface area (Å²) in [4.78, 5) is 0. The van der Waals surface area contributed by atoms with Gasteiger partial charge in [-0.1, -0.05) is 31.2 Å². The first-order valence-corrected chi connectivity index (χ1v) is 5.16. The Balaban J connectivity index is 2.64. The third-order valence-corrected chi connectivity index (χ3v) is 2.46. The second kappa shape index (κ2) is 5.71. The zero-order chi connectivity index (χ0) is 10.4. The summed E-state index contributed by atoms with van der Waals surface area (Å²) in [6, 6.07) is 7.90. The Morgan fingerprint density at radius 3 is 2.50 bits per heavy atom. The molecule has 0 spiro atoms. The Morgan fingerprint density at radius 2 is 2.00 bits per heavy atom. The van der Waals surface area contributed by atoms with Crippen molar-refractivity contribution in [3.8, 4) is 5.75 Å². The molecule has 0 aromatic heterocycles. The van der Waals surface area contributed by atoms with E-state index in [1.165, 1.54) is 0 Å². The minimum atomic E-state index is 0.122. The van der Waals surface area contributed by atoms with Crippen LogP contribution in [-0.4, -0.2) is 12.5 Å². The Bertz CT molecular complexity index is 290. The zero-order valence-electron chi connectivity index (χ0n) is 8.53. The molecule has 14 heavy (non-hydrogen) atoms. The molecule has 0 aliphatic rings. The van der Waals surface area contributed by atoms with E-state index in [0.29, 0.717) is 0 Å². The highest BCUT2D eigenvalue weighted by molar-refractivity contribution is 6.22. The van der Waals surface area contributed by atoms with Crippen LogP contribution in [0.3, 0.4) is 0 Å². The second-order valence-electron chi connectivity index (χ2n) is 3.06. The number of rotatable bonds is 4. The lowest BCUT2D eigenvalue weighted by Gasteiger charge is -2.00. The molecule has 0 bridgehead atoms. The molecule has 0 heterocycles. The molecule has 1 aromatic carbocycles. The topological polar surface area (TPSA) is 9.23 Å². The number of hydrogen-bond acceptors (Lipinski definition) is 1. The SMILES string of the molecule is CCC(Cl)/C=C/c1ccc(OC)cc1. The smallest absolute Gasteiger partial charge is 0.118 e. The lowest BCUT2D eigenvalue weighted by Crippen LogP contribution is -1.87. The van der Waals surface area contributed by atoms with Crippen molar-refractivity contribution in [2.24, 2.45) is 0 Å². The van der Waals surface area contributed by atoms with E-state index in [4.69, 9.17) is 16.3 Å². The van der Waals surface area contributed by atoms with Crippen molar-refractivity contribution < 1.29 is 4.74 Å². The molecule has 76 valence electrons. The minimum Gasteiger partial charge on any atom is -0.497 e. The summed E-state index contributed by atoms with van der Waals surface area (Å²) in [6.45, 7) is 2.07. The molecule has 1 aromatic rings. The quantitative estimate of drug-likeness (QED) is 0.689. The van der Waals surface area contributed by atoms with Crippen LogP contribution in [0.5, 0.6) is 5.75 Å². The van der Waals surface area contributed by atoms with Gasteiger partial charge in [0.05, 0.1) is 12.5 Å². The second-order valence-corrected chi connectivity index (χ2v) is 3.62. The zero-order valence-corrected chi connectivity index (χ0v) is 9.29. The summed E-state index contributed by atoms with van der Waals surface area (Å²) in [5.41, 5.74) is 1.14. The van der Waals surface area contributed by atoms with Gasteiger partial charge >= 0.3 is 0 Å². The van der Waals surface area contributed by atoms with Crippen molar-refractivity contribution >= 4 is 17.7 Å². The summed E-state index contributed by atoms with van der Waals surface area (Å²) in [5, 5.41) is 0.122. The summed E-state index contributed by atoms with van der Waals surface area (Å²) < 4.78 is 5.07. The van der Waals surface area contributed by atoms with Gasteiger partial charge in [-0.25, -0.2) is 0 Å². The van der Waals surface area contributed by atoms with Crippen molar-refractivity contribution in [2.45, 2.75) is 18.7 Å². The Labute approximate surface area is 90.3 Å². The molecule has 1 nitrogen and oxygen atoms in total. The normalized spacial score (nSPS) is 13.1. The van der Waals surface area contributed by atoms with Crippen LogP contribution in [0.2, 0.25) is 0 Å². The lowest BCUT2D eigenvalue weighted by atomic mass is 10.2. The van der Waals surface area contributed by atoms with Crippen LogP contribution in [0.25, 0.3) is 6.08 Å². The molecule has 0 aliphatic carbocycles. The number of allylic oxidation sites excluding steroid dienone is 1. The molecule has 0 amide bonds. The van der Waals surface area contributed by atoms with Crippen LogP contribution in [0, 0.1) is 0 Å². The van der Waals surface area contributed by atoms with Gasteiger partial charge in [0.15, 0.2) is 0 Å². The predicted molar refractivity (Wildman–Crippen MR) is 62.0 cm³/mol. The van der Waals surface area contributed by atoms with E-state index in [0.717, 1.165) is 17.7 Å². The van der Waals surface area contributed by atoms with E-state index in [1.807, 2.05) is 36.4 Å². The molecule has 1 rings (SSSR count). The number of hydrogen-bond donors (Lipinski definition) is 0. The van der Waals surface area contributed by atoms with Crippen LogP contribution in [0.1, 0.15) is 18.9 Å². The highest BCUT2D eigenvalue weighted by Crippen LogP contribution is 2.13. The Kier molecular flexibility index (Phi) is 4.54. The Morgan fingerprint density at radius 1 is 1.36 bits per heavy atom. The van der Waals surface area contributed by atoms with Gasteiger partial charge in [-0.3, -0.25) is 0 Å². The fraction of sp³-hybridized carbons (Fsp3) is 0.333. The third kappa shape index (κ3) is 3.43. The standard InChI is InChI=1S/C12H15ClO/c1-3-11(13)7-4-10-5-8-12(14-2)9-6-10/h4-9,11H,3H2,1-2H3/b7-4+. The van der Waals surface area contributed by atoms with Crippen LogP contribution in [-0.2, 0) is 0 Å². The van der Waals surface area contributed by atoms with Gasteiger partial charge in [0, 0.05) is 0 Å². The van der Waals surface area contributed by atoms with Gasteiger partial charge in [0.25, 0.3) is 0 Å². The first-order valence-electron chi connectivity index (χ1n) is 4.72. The number of ether oxygens (including phenoxy) is 1. The van der Waals surface area contributed by atoms with Crippen LogP contribution in [0.4, 0.5) is 0 Å². The van der Waals surface area contributed by atoms with Gasteiger partial charge < -0.3 is 4.74 Å². The average Bonchev–Trinajstić information content (AvgIpc) is 2.26. The molecule has 0 saturated carbocycles. The maximum absolute atomic E-state index is 5.96. The molecule has 0 radical (unpaired) electrons. The predicted octanol–water partition coefficient (Wildman–Crippen LogP) is 3.73. The van der Waals surface area contributed by atoms with Crippen molar-refractivity contribution in [1.82, 2.24) is 0 Å². The first kappa shape index (κ1) is 11.1. The van der Waals surface area contributed by atoms with Gasteiger partial charge in [0.1, 0.15) is 5.75 Å². The Hall–Kier alpha value is -0.950. The van der Waals surface area contributed by atoms with Gasteiger partial charge in [-0.05, 0) is 24.1 Å². The third-order valence-electron chi connectivity index (χ3n) is 2.00. The largest absolute Gasteiger partial charge is 0.497 e. The maximum atomic E-state index is 5.96. The number of methoxy groups -OCH3 is 1. The number of alkyl halides is 1. The highest BCUT2D eigenvalue weighted by atomic mass is 35.5. The van der Waals surface area contributed by atoms with Crippen molar-refractivity contribution in [2.75, 3.05) is 7.11 Å². The summed E-state index contributed by atoms with van der Waals surface area (Å²) >= 11 is 5.96. The van der Waals surface area contributed by atoms with Gasteiger partial charge in [0.2, 0.25) is 0 Å². The minimum absolute atomic E-state index is 0.122. The highest BCUT2D eigenvalue weighted by Gasteiger charge is 1.94. The molecule has 0 fully saturated rings. The molecule has 0 aliphatic heterocycles. The maximum Gasteiger partial charge on any atom is 0.118 e. The molecular formula is C12H15ClO. The summed E-state index contributed by atoms with van der Waals surface area (Å²) in [7, 11) is 1.66. The van der Waals surface area contributed by atoms with Crippen LogP contribution >= 0.6 is 11.6 Å². The summed E-state index contributed by atoms with van der Waals surface area (Å²) in [5.74, 6) is 0.875. The molecule has 1 atom stereocenters. The van der Waals surface area contributed by atoms with Gasteiger partial charge in [-0.2, -0.15) is 0 Å². The fourth-order valence-electron chi connectivity index (χ4n) is 1.07. The molecule has 0 saturated heterocycles. The average molecular weight is 211 g/mol. The monoisotopic (exact) mass is 210 g/mol. The van der Waals surface area contributed by atoms with E-state index in [9.17, 15) is 0 Å². The molecule has 1 unspecified atom stereocenters. The van der Waals surface area contributed by atoms with Crippen molar-refractivity contribution in [3.63, 3.8) is 0 Å². The van der Waals surface area contributed by atoms with Crippen LogP contribution < -0.4 is 4.74 Å². The molecule has 2 heteroatoms. The van der Waals surface area contributed by atoms with Crippen molar-refractivity contribution in [3.05, 3.63) is 35.9 Å². The molecule has 0 N–H and O–H groups in total.